The number of likely N-dealkylation sites (tertiary alicyclic amines) is 1. The Morgan fingerprint density at radius 1 is 1.27 bits per heavy atom. The first-order chi connectivity index (χ1) is 17.9. The monoisotopic (exact) mass is 535 g/mol. The molecule has 2 bridgehead atoms. The van der Waals surface area contributed by atoms with Crippen molar-refractivity contribution in [1.29, 1.82) is 0 Å². The van der Waals surface area contributed by atoms with Crippen LogP contribution in [-0.4, -0.2) is 119 Å². The van der Waals surface area contributed by atoms with Crippen molar-refractivity contribution < 1.29 is 29.0 Å². The lowest BCUT2D eigenvalue weighted by Gasteiger charge is -2.41. The molecule has 4 saturated heterocycles. The maximum absolute atomic E-state index is 14.3. The second-order valence-electron chi connectivity index (χ2n) is 10.4. The molecule has 3 unspecified atom stereocenters. The van der Waals surface area contributed by atoms with Crippen molar-refractivity contribution in [1.82, 2.24) is 14.7 Å². The van der Waals surface area contributed by atoms with Crippen molar-refractivity contribution in [2.24, 2.45) is 17.8 Å². The van der Waals surface area contributed by atoms with Crippen LogP contribution in [0.3, 0.4) is 0 Å². The quantitative estimate of drug-likeness (QED) is 0.213. The van der Waals surface area contributed by atoms with Crippen LogP contribution in [0.25, 0.3) is 0 Å². The number of fused-ring (bicyclic) bond motifs is 1. The van der Waals surface area contributed by atoms with Crippen LogP contribution in [0.5, 0.6) is 0 Å². The smallest absolute Gasteiger partial charge is 0.310 e. The average Bonchev–Trinajstić information content (AvgIpc) is 3.49. The minimum absolute atomic E-state index is 0.0447. The molecule has 0 aromatic carbocycles. The molecule has 1 N–H and O–H groups in total. The Morgan fingerprint density at radius 2 is 2.03 bits per heavy atom. The van der Waals surface area contributed by atoms with Gasteiger partial charge in [0, 0.05) is 51.1 Å². The van der Waals surface area contributed by atoms with E-state index in [4.69, 9.17) is 9.47 Å². The number of nitrogens with zero attached hydrogens (tertiary/aromatic N) is 3. The Labute approximate surface area is 224 Å². The van der Waals surface area contributed by atoms with Crippen molar-refractivity contribution >= 4 is 29.5 Å². The molecule has 206 valence electrons. The number of aliphatic hydroxyl groups is 1. The number of carbonyl (C=O) groups is 3. The number of ether oxygens (including phenoxy) is 2. The average molecular weight is 536 g/mol. The van der Waals surface area contributed by atoms with Crippen molar-refractivity contribution in [3.63, 3.8) is 0 Å². The molecule has 9 nitrogen and oxygen atoms in total. The molecule has 1 spiro atoms. The van der Waals surface area contributed by atoms with Gasteiger partial charge >= 0.3 is 5.97 Å². The van der Waals surface area contributed by atoms with Gasteiger partial charge in [-0.2, -0.15) is 0 Å². The Kier molecular flexibility index (Phi) is 9.37. The largest absolute Gasteiger partial charge is 0.465 e. The number of amides is 2. The van der Waals surface area contributed by atoms with Gasteiger partial charge < -0.3 is 24.4 Å². The van der Waals surface area contributed by atoms with Gasteiger partial charge in [0.05, 0.1) is 36.4 Å². The zero-order valence-corrected chi connectivity index (χ0v) is 22.7. The lowest BCUT2D eigenvalue weighted by molar-refractivity contribution is -0.154. The zero-order chi connectivity index (χ0) is 26.6. The third kappa shape index (κ3) is 5.22. The maximum Gasteiger partial charge on any atom is 0.310 e. The molecule has 4 aliphatic heterocycles. The number of carbonyl (C=O) groups excluding carboxylic acids is 3. The first kappa shape index (κ1) is 28.1. The van der Waals surface area contributed by atoms with E-state index in [0.717, 1.165) is 26.1 Å². The van der Waals surface area contributed by atoms with Crippen LogP contribution >= 0.6 is 11.8 Å². The topological polar surface area (TPSA) is 99.6 Å². The highest BCUT2D eigenvalue weighted by atomic mass is 32.2. The minimum atomic E-state index is -0.686. The van der Waals surface area contributed by atoms with E-state index in [2.05, 4.69) is 25.0 Å². The summed E-state index contributed by atoms with van der Waals surface area (Å²) in [4.78, 5) is 47.2. The number of hydrogen-bond acceptors (Lipinski definition) is 8. The number of morpholine rings is 1. The number of hydrogen-bond donors (Lipinski definition) is 1. The van der Waals surface area contributed by atoms with Crippen molar-refractivity contribution in [3.05, 3.63) is 25.3 Å². The van der Waals surface area contributed by atoms with Crippen molar-refractivity contribution in [3.8, 4) is 0 Å². The summed E-state index contributed by atoms with van der Waals surface area (Å²) in [5.74, 6) is -1.68. The van der Waals surface area contributed by atoms with E-state index in [-0.39, 0.29) is 48.7 Å². The highest BCUT2D eigenvalue weighted by Crippen LogP contribution is 2.68. The van der Waals surface area contributed by atoms with Crippen LogP contribution in [-0.2, 0) is 23.9 Å². The molecule has 4 aliphatic rings. The van der Waals surface area contributed by atoms with Gasteiger partial charge in [0.2, 0.25) is 11.8 Å². The van der Waals surface area contributed by atoms with E-state index in [9.17, 15) is 19.5 Å². The second-order valence-corrected chi connectivity index (χ2v) is 12.0. The van der Waals surface area contributed by atoms with Crippen LogP contribution in [0.2, 0.25) is 0 Å². The molecule has 6 atom stereocenters. The normalized spacial score (nSPS) is 32.9. The number of esters is 1. The Hall–Kier alpha value is -1.88. The van der Waals surface area contributed by atoms with E-state index in [1.54, 1.807) is 33.7 Å². The van der Waals surface area contributed by atoms with Gasteiger partial charge in [-0.15, -0.1) is 24.9 Å². The molecule has 0 saturated carbocycles. The van der Waals surface area contributed by atoms with Gasteiger partial charge in [-0.1, -0.05) is 19.1 Å². The van der Waals surface area contributed by atoms with E-state index >= 15 is 0 Å². The first-order valence-electron chi connectivity index (χ1n) is 13.5. The number of rotatable bonds is 13. The van der Waals surface area contributed by atoms with Crippen molar-refractivity contribution in [2.45, 2.75) is 42.2 Å². The summed E-state index contributed by atoms with van der Waals surface area (Å²) in [6, 6.07) is -0.683. The summed E-state index contributed by atoms with van der Waals surface area (Å²) < 4.78 is 10.3. The highest BCUT2D eigenvalue weighted by Gasteiger charge is 2.76. The minimum Gasteiger partial charge on any atom is -0.465 e. The fourth-order valence-corrected chi connectivity index (χ4v) is 9.00. The number of thioether (sulfide) groups is 1. The molecule has 0 aromatic rings. The summed E-state index contributed by atoms with van der Waals surface area (Å²) in [7, 11) is 0. The molecule has 4 heterocycles. The van der Waals surface area contributed by atoms with Gasteiger partial charge in [-0.25, -0.2) is 0 Å². The molecule has 4 rings (SSSR count). The highest BCUT2D eigenvalue weighted by molar-refractivity contribution is 8.02. The summed E-state index contributed by atoms with van der Waals surface area (Å²) in [6.45, 7) is 14.8. The first-order valence-corrected chi connectivity index (χ1v) is 14.3. The molecular weight excluding hydrogens is 494 g/mol. The predicted molar refractivity (Wildman–Crippen MR) is 142 cm³/mol. The SMILES string of the molecule is C=CCCOC(=O)[C@@H]1[C@H]2C(=O)N(CCCO)C(C(=O)N(CC=C)CCN3CCOCC3)C23S[C@@H]1CC3C. The lowest BCUT2D eigenvalue weighted by Crippen LogP contribution is -2.58. The lowest BCUT2D eigenvalue weighted by atomic mass is 9.66. The van der Waals surface area contributed by atoms with E-state index in [1.807, 2.05) is 0 Å². The molecule has 4 fully saturated rings. The van der Waals surface area contributed by atoms with Crippen LogP contribution in [0.15, 0.2) is 25.3 Å². The fourth-order valence-electron chi connectivity index (χ4n) is 6.59. The van der Waals surface area contributed by atoms with Gasteiger partial charge in [-0.05, 0) is 25.2 Å². The number of aliphatic hydroxyl groups excluding tert-OH is 1. The van der Waals surface area contributed by atoms with Crippen molar-refractivity contribution in [2.75, 3.05) is 65.7 Å². The van der Waals surface area contributed by atoms with E-state index < -0.39 is 22.6 Å². The summed E-state index contributed by atoms with van der Waals surface area (Å²) in [5, 5.41) is 9.51. The molecule has 37 heavy (non-hydrogen) atoms. The van der Waals surface area contributed by atoms with Crippen LogP contribution in [0.1, 0.15) is 26.2 Å². The zero-order valence-electron chi connectivity index (χ0n) is 21.9. The Bertz CT molecular complexity index is 880. The molecule has 0 radical (unpaired) electrons. The fraction of sp³-hybridized carbons (Fsp3) is 0.741. The second kappa shape index (κ2) is 12.3. The summed E-state index contributed by atoms with van der Waals surface area (Å²) in [6.07, 6.45) is 5.13. The molecule has 0 aliphatic carbocycles. The third-order valence-electron chi connectivity index (χ3n) is 8.33. The van der Waals surface area contributed by atoms with Gasteiger partial charge in [-0.3, -0.25) is 19.3 Å². The molecule has 10 heteroatoms. The summed E-state index contributed by atoms with van der Waals surface area (Å²) in [5.41, 5.74) is 0. The van der Waals surface area contributed by atoms with Gasteiger partial charge in [0.25, 0.3) is 0 Å². The molecule has 2 amide bonds. The summed E-state index contributed by atoms with van der Waals surface area (Å²) >= 11 is 1.65. The third-order valence-corrected chi connectivity index (χ3v) is 10.4. The van der Waals surface area contributed by atoms with Crippen LogP contribution < -0.4 is 0 Å². The predicted octanol–water partition coefficient (Wildman–Crippen LogP) is 1.17. The standard InChI is InChI=1S/C27H41N3O6S/c1-4-6-15-36-26(34)21-20-18-19(3)27(37-20)22(21)24(32)30(9-7-14-31)23(27)25(33)29(8-5-2)11-10-28-12-16-35-17-13-28/h4-5,19-23,31H,1-2,6-18H2,3H3/t19?,20-,21+,22+,23?,27?/m1/s1. The molecule has 0 aromatic heterocycles. The van der Waals surface area contributed by atoms with Gasteiger partial charge in [0.1, 0.15) is 6.04 Å². The maximum atomic E-state index is 14.3. The van der Waals surface area contributed by atoms with Crippen LogP contribution in [0, 0.1) is 17.8 Å². The van der Waals surface area contributed by atoms with Gasteiger partial charge in [0.15, 0.2) is 0 Å². The molecular formula is C27H41N3O6S. The Balaban J connectivity index is 1.62. The van der Waals surface area contributed by atoms with E-state index in [1.165, 1.54) is 0 Å². The van der Waals surface area contributed by atoms with E-state index in [0.29, 0.717) is 39.1 Å². The van der Waals surface area contributed by atoms with Crippen LogP contribution in [0.4, 0.5) is 0 Å². The Morgan fingerprint density at radius 3 is 2.70 bits per heavy atom.